The molecule has 0 unspecified atom stereocenters. The first-order valence-corrected chi connectivity index (χ1v) is 8.87. The van der Waals surface area contributed by atoms with E-state index in [2.05, 4.69) is 5.32 Å². The van der Waals surface area contributed by atoms with E-state index in [-0.39, 0.29) is 23.5 Å². The average molecular weight is 352 g/mol. The van der Waals surface area contributed by atoms with Gasteiger partial charge in [0.1, 0.15) is 5.82 Å². The van der Waals surface area contributed by atoms with Crippen LogP contribution in [0.25, 0.3) is 0 Å². The molecule has 1 atom stereocenters. The Kier molecular flexibility index (Phi) is 6.48. The summed E-state index contributed by atoms with van der Waals surface area (Å²) in [7, 11) is 0. The molecule has 0 aliphatic rings. The summed E-state index contributed by atoms with van der Waals surface area (Å²) in [4.78, 5) is 12.0. The van der Waals surface area contributed by atoms with Crippen molar-refractivity contribution in [1.82, 2.24) is 5.32 Å². The third-order valence-corrected chi connectivity index (χ3v) is 4.75. The van der Waals surface area contributed by atoms with Crippen LogP contribution in [-0.4, -0.2) is 11.7 Å². The van der Waals surface area contributed by atoms with Crippen LogP contribution in [0.3, 0.4) is 0 Å². The van der Waals surface area contributed by atoms with E-state index in [1.807, 2.05) is 38.1 Å². The molecule has 0 aromatic heterocycles. The highest BCUT2D eigenvalue weighted by Crippen LogP contribution is 2.20. The van der Waals surface area contributed by atoms with E-state index in [9.17, 15) is 9.18 Å². The summed E-state index contributed by atoms with van der Waals surface area (Å²) in [6, 6.07) is 12.5. The van der Waals surface area contributed by atoms with Crippen molar-refractivity contribution in [3.05, 3.63) is 70.0 Å². The van der Waals surface area contributed by atoms with Crippen molar-refractivity contribution in [2.45, 2.75) is 25.6 Å². The summed E-state index contributed by atoms with van der Waals surface area (Å²) < 4.78 is 13.7. The van der Waals surface area contributed by atoms with Gasteiger partial charge in [-0.15, -0.1) is 11.8 Å². The molecule has 0 aliphatic heterocycles. The number of thioether (sulfide) groups is 1. The molecule has 122 valence electrons. The normalized spacial score (nSPS) is 12.0. The van der Waals surface area contributed by atoms with Crippen LogP contribution in [0.15, 0.2) is 42.5 Å². The largest absolute Gasteiger partial charge is 0.349 e. The lowest BCUT2D eigenvalue weighted by Gasteiger charge is -2.16. The van der Waals surface area contributed by atoms with Gasteiger partial charge in [0.15, 0.2) is 0 Å². The quantitative estimate of drug-likeness (QED) is 0.802. The van der Waals surface area contributed by atoms with Crippen LogP contribution >= 0.6 is 23.4 Å². The number of nitrogens with one attached hydrogen (secondary N) is 1. The first-order valence-electron chi connectivity index (χ1n) is 7.34. The number of hydrogen-bond donors (Lipinski definition) is 1. The van der Waals surface area contributed by atoms with E-state index in [1.54, 1.807) is 12.1 Å². The number of hydrogen-bond acceptors (Lipinski definition) is 2. The molecule has 0 heterocycles. The number of carbonyl (C=O) groups excluding carboxylic acids is 1. The molecule has 0 spiro atoms. The van der Waals surface area contributed by atoms with E-state index in [4.69, 9.17) is 11.6 Å². The van der Waals surface area contributed by atoms with Crippen molar-refractivity contribution < 1.29 is 9.18 Å². The lowest BCUT2D eigenvalue weighted by atomic mass is 10.0. The number of aryl methyl sites for hydroxylation is 1. The van der Waals surface area contributed by atoms with E-state index in [0.717, 1.165) is 11.1 Å². The molecule has 1 amide bonds. The van der Waals surface area contributed by atoms with Crippen LogP contribution in [0.5, 0.6) is 0 Å². The Balaban J connectivity index is 1.82. The lowest BCUT2D eigenvalue weighted by molar-refractivity contribution is -0.119. The first kappa shape index (κ1) is 17.8. The van der Waals surface area contributed by atoms with Gasteiger partial charge in [-0.25, -0.2) is 4.39 Å². The summed E-state index contributed by atoms with van der Waals surface area (Å²) in [5.41, 5.74) is 2.81. The summed E-state index contributed by atoms with van der Waals surface area (Å²) >= 11 is 7.10. The SMILES string of the molecule is Cc1ccccc1[C@H](C)NC(=O)CSCc1ccc(Cl)cc1F. The van der Waals surface area contributed by atoms with Gasteiger partial charge in [-0.1, -0.05) is 41.9 Å². The third-order valence-electron chi connectivity index (χ3n) is 3.54. The molecule has 0 aliphatic carbocycles. The molecule has 5 heteroatoms. The Bertz CT molecular complexity index is 692. The van der Waals surface area contributed by atoms with Gasteiger partial charge in [0.05, 0.1) is 11.8 Å². The second-order valence-electron chi connectivity index (χ2n) is 5.37. The van der Waals surface area contributed by atoms with E-state index >= 15 is 0 Å². The molecule has 0 saturated heterocycles. The maximum Gasteiger partial charge on any atom is 0.230 e. The van der Waals surface area contributed by atoms with Crippen molar-refractivity contribution in [3.63, 3.8) is 0 Å². The molecule has 0 saturated carbocycles. The minimum atomic E-state index is -0.335. The number of carbonyl (C=O) groups is 1. The Labute approximate surface area is 145 Å². The van der Waals surface area contributed by atoms with Crippen LogP contribution in [0.1, 0.15) is 29.7 Å². The van der Waals surface area contributed by atoms with Crippen LogP contribution in [0.2, 0.25) is 5.02 Å². The van der Waals surface area contributed by atoms with Gasteiger partial charge in [0.25, 0.3) is 0 Å². The first-order chi connectivity index (χ1) is 11.0. The van der Waals surface area contributed by atoms with Crippen LogP contribution in [0, 0.1) is 12.7 Å². The Hall–Kier alpha value is -1.52. The van der Waals surface area contributed by atoms with Gasteiger partial charge < -0.3 is 5.32 Å². The lowest BCUT2D eigenvalue weighted by Crippen LogP contribution is -2.28. The summed E-state index contributed by atoms with van der Waals surface area (Å²) in [6.07, 6.45) is 0. The summed E-state index contributed by atoms with van der Waals surface area (Å²) in [5.74, 6) is 0.340. The maximum atomic E-state index is 13.7. The van der Waals surface area contributed by atoms with Crippen LogP contribution < -0.4 is 5.32 Å². The fourth-order valence-corrected chi connectivity index (χ4v) is 3.31. The highest BCUT2D eigenvalue weighted by Gasteiger charge is 2.12. The third kappa shape index (κ3) is 5.26. The van der Waals surface area contributed by atoms with E-state index in [1.165, 1.54) is 17.8 Å². The zero-order valence-electron chi connectivity index (χ0n) is 13.1. The van der Waals surface area contributed by atoms with Crippen molar-refractivity contribution in [2.24, 2.45) is 0 Å². The molecule has 0 fully saturated rings. The fourth-order valence-electron chi connectivity index (χ4n) is 2.33. The van der Waals surface area contributed by atoms with Gasteiger partial charge in [0, 0.05) is 10.8 Å². The predicted molar refractivity (Wildman–Crippen MR) is 95.3 cm³/mol. The van der Waals surface area contributed by atoms with Gasteiger partial charge in [-0.2, -0.15) is 0 Å². The van der Waals surface area contributed by atoms with Crippen LogP contribution in [-0.2, 0) is 10.5 Å². The molecule has 0 bridgehead atoms. The minimum absolute atomic E-state index is 0.0448. The minimum Gasteiger partial charge on any atom is -0.349 e. The predicted octanol–water partition coefficient (Wildman–Crippen LogP) is 4.90. The van der Waals surface area contributed by atoms with E-state index in [0.29, 0.717) is 16.3 Å². The van der Waals surface area contributed by atoms with Gasteiger partial charge >= 0.3 is 0 Å². The number of benzene rings is 2. The van der Waals surface area contributed by atoms with Gasteiger partial charge in [-0.05, 0) is 42.7 Å². The zero-order valence-corrected chi connectivity index (χ0v) is 14.7. The molecule has 2 nitrogen and oxygen atoms in total. The standard InChI is InChI=1S/C18H19ClFNOS/c1-12-5-3-4-6-16(12)13(2)21-18(22)11-23-10-14-7-8-15(19)9-17(14)20/h3-9,13H,10-11H2,1-2H3,(H,21,22)/t13-/m0/s1. The van der Waals surface area contributed by atoms with Crippen LogP contribution in [0.4, 0.5) is 4.39 Å². The second-order valence-corrected chi connectivity index (χ2v) is 6.80. The molecule has 2 aromatic carbocycles. The topological polar surface area (TPSA) is 29.1 Å². The van der Waals surface area contributed by atoms with E-state index < -0.39 is 0 Å². The monoisotopic (exact) mass is 351 g/mol. The van der Waals surface area contributed by atoms with Crippen molar-refractivity contribution in [1.29, 1.82) is 0 Å². The zero-order chi connectivity index (χ0) is 16.8. The molecular weight excluding hydrogens is 333 g/mol. The molecule has 23 heavy (non-hydrogen) atoms. The highest BCUT2D eigenvalue weighted by molar-refractivity contribution is 7.99. The smallest absolute Gasteiger partial charge is 0.230 e. The average Bonchev–Trinajstić information content (AvgIpc) is 2.49. The number of amides is 1. The maximum absolute atomic E-state index is 13.7. The highest BCUT2D eigenvalue weighted by atomic mass is 35.5. The molecular formula is C18H19ClFNOS. The number of rotatable bonds is 6. The number of halogens is 2. The molecule has 2 aromatic rings. The fraction of sp³-hybridized carbons (Fsp3) is 0.278. The van der Waals surface area contributed by atoms with Crippen molar-refractivity contribution in [3.8, 4) is 0 Å². The molecule has 2 rings (SSSR count). The van der Waals surface area contributed by atoms with Crippen molar-refractivity contribution in [2.75, 3.05) is 5.75 Å². The van der Waals surface area contributed by atoms with Gasteiger partial charge in [0.2, 0.25) is 5.91 Å². The summed E-state index contributed by atoms with van der Waals surface area (Å²) in [6.45, 7) is 3.99. The van der Waals surface area contributed by atoms with Gasteiger partial charge in [-0.3, -0.25) is 4.79 Å². The van der Waals surface area contributed by atoms with Crippen molar-refractivity contribution >= 4 is 29.3 Å². The Morgan fingerprint density at radius 1 is 1.30 bits per heavy atom. The Morgan fingerprint density at radius 2 is 2.04 bits per heavy atom. The summed E-state index contributed by atoms with van der Waals surface area (Å²) in [5, 5.41) is 3.35. The molecule has 1 N–H and O–H groups in total. The second kappa shape index (κ2) is 8.37. The Morgan fingerprint density at radius 3 is 2.74 bits per heavy atom. The molecule has 0 radical (unpaired) electrons.